The first-order valence-electron chi connectivity index (χ1n) is 6.20. The van der Waals surface area contributed by atoms with E-state index in [2.05, 4.69) is 75.1 Å². The van der Waals surface area contributed by atoms with Crippen molar-refractivity contribution < 1.29 is 31.1 Å². The van der Waals surface area contributed by atoms with Gasteiger partial charge in [-0.2, -0.15) is 27.8 Å². The van der Waals surface area contributed by atoms with Gasteiger partial charge in [-0.25, -0.2) is 58.7 Å². The van der Waals surface area contributed by atoms with Crippen LogP contribution in [0.3, 0.4) is 0 Å². The molecule has 1 aromatic rings. The fourth-order valence-corrected chi connectivity index (χ4v) is 1.41. The number of hydrogen-bond acceptors (Lipinski definition) is 0. The van der Waals surface area contributed by atoms with Crippen LogP contribution in [0.5, 0.6) is 0 Å². The summed E-state index contributed by atoms with van der Waals surface area (Å²) in [5, 5.41) is 0. The van der Waals surface area contributed by atoms with Gasteiger partial charge in [-0.1, -0.05) is 34.6 Å². The van der Waals surface area contributed by atoms with Gasteiger partial charge in [0, 0.05) is 0 Å². The van der Waals surface area contributed by atoms with E-state index in [0.29, 0.717) is 0 Å². The Bertz CT molecular complexity index is 273. The second kappa shape index (κ2) is 18.2. The van der Waals surface area contributed by atoms with Gasteiger partial charge < -0.3 is 0 Å². The Hall–Kier alpha value is -0.768. The van der Waals surface area contributed by atoms with Crippen LogP contribution < -0.4 is 0 Å². The maximum atomic E-state index is 3.25. The van der Waals surface area contributed by atoms with Gasteiger partial charge in [-0.3, -0.25) is 0 Å². The molecule has 0 saturated heterocycles. The van der Waals surface area contributed by atoms with Crippen molar-refractivity contribution in [2.24, 2.45) is 0 Å². The molecule has 0 saturated carbocycles. The van der Waals surface area contributed by atoms with Crippen molar-refractivity contribution >= 4 is 0 Å². The molecule has 0 radical (unpaired) electrons. The molecular formula is C19H30U. The predicted octanol–water partition coefficient (Wildman–Crippen LogP) is 5.97. The maximum absolute atomic E-state index is 3.25. The molecule has 0 aliphatic carbocycles. The van der Waals surface area contributed by atoms with Crippen LogP contribution in [0, 0.1) is 86.5 Å². The van der Waals surface area contributed by atoms with Crippen LogP contribution >= 0.6 is 0 Å². The molecule has 1 heteroatoms. The predicted molar refractivity (Wildman–Crippen MR) is 92.4 cm³/mol. The number of allylic oxidation sites excluding steroid dienone is 3. The summed E-state index contributed by atoms with van der Waals surface area (Å²) in [4.78, 5) is 0. The first-order chi connectivity index (χ1) is 8.80. The summed E-state index contributed by atoms with van der Waals surface area (Å²) < 4.78 is 0. The average Bonchev–Trinajstić information content (AvgIpc) is 2.51. The monoisotopic (exact) mass is 496 g/mol. The van der Waals surface area contributed by atoms with E-state index in [9.17, 15) is 0 Å². The van der Waals surface area contributed by atoms with Crippen molar-refractivity contribution in [3.8, 4) is 0 Å². The SMILES string of the molecule is C=C[CH2-].C=C[CH2-].C=C[CH2-].Cc1c(C)c(C)[c-](C)c1C.[U+4]. The van der Waals surface area contributed by atoms with E-state index >= 15 is 0 Å². The quantitative estimate of drug-likeness (QED) is 0.389. The Labute approximate surface area is 151 Å². The van der Waals surface area contributed by atoms with E-state index in [1.54, 1.807) is 0 Å². The minimum absolute atomic E-state index is 0. The van der Waals surface area contributed by atoms with Crippen LogP contribution in [-0.2, 0) is 0 Å². The molecule has 0 unspecified atom stereocenters. The average molecular weight is 496 g/mol. The molecule has 0 bridgehead atoms. The third-order valence-electron chi connectivity index (χ3n) is 2.81. The van der Waals surface area contributed by atoms with Gasteiger partial charge >= 0.3 is 31.1 Å². The minimum Gasteiger partial charge on any atom is -0.245 e. The van der Waals surface area contributed by atoms with E-state index in [1.165, 1.54) is 46.0 Å². The van der Waals surface area contributed by atoms with Crippen molar-refractivity contribution in [2.45, 2.75) is 34.6 Å². The molecule has 0 amide bonds. The third kappa shape index (κ3) is 12.3. The van der Waals surface area contributed by atoms with Crippen molar-refractivity contribution in [3.05, 3.63) is 86.6 Å². The summed E-state index contributed by atoms with van der Waals surface area (Å²) in [6.07, 6.45) is 4.50. The summed E-state index contributed by atoms with van der Waals surface area (Å²) in [7, 11) is 0. The fourth-order valence-electron chi connectivity index (χ4n) is 1.41. The molecule has 0 heterocycles. The molecule has 1 rings (SSSR count). The molecule has 0 aliphatic rings. The molecule has 0 aromatic heterocycles. The van der Waals surface area contributed by atoms with Crippen molar-refractivity contribution in [2.75, 3.05) is 0 Å². The second-order valence-corrected chi connectivity index (χ2v) is 3.99. The molecule has 0 N–H and O–H groups in total. The number of hydrogen-bond donors (Lipinski definition) is 0. The van der Waals surface area contributed by atoms with Crippen LogP contribution in [0.25, 0.3) is 0 Å². The molecule has 0 spiro atoms. The van der Waals surface area contributed by atoms with Crippen molar-refractivity contribution in [1.82, 2.24) is 0 Å². The Morgan fingerprint density at radius 3 is 0.950 bits per heavy atom. The molecule has 1 aromatic carbocycles. The molecule has 0 aliphatic heterocycles. The van der Waals surface area contributed by atoms with Gasteiger partial charge in [0.2, 0.25) is 0 Å². The zero-order chi connectivity index (χ0) is 16.0. The topological polar surface area (TPSA) is 0 Å². The van der Waals surface area contributed by atoms with Gasteiger partial charge in [0.25, 0.3) is 0 Å². The van der Waals surface area contributed by atoms with Gasteiger partial charge in [0.05, 0.1) is 0 Å². The first kappa shape index (κ1) is 27.6. The van der Waals surface area contributed by atoms with E-state index in [-0.39, 0.29) is 31.1 Å². The van der Waals surface area contributed by atoms with Crippen molar-refractivity contribution in [1.29, 1.82) is 0 Å². The summed E-state index contributed by atoms with van der Waals surface area (Å²) in [6.45, 7) is 30.5. The molecule has 0 fully saturated rings. The summed E-state index contributed by atoms with van der Waals surface area (Å²) in [5.41, 5.74) is 7.34. The summed E-state index contributed by atoms with van der Waals surface area (Å²) in [5.74, 6) is 0. The minimum atomic E-state index is 0. The van der Waals surface area contributed by atoms with Gasteiger partial charge in [0.1, 0.15) is 0 Å². The zero-order valence-electron chi connectivity index (χ0n) is 14.0. The Balaban J connectivity index is -0.000000108. The van der Waals surface area contributed by atoms with E-state index in [0.717, 1.165) is 0 Å². The Morgan fingerprint density at radius 2 is 0.900 bits per heavy atom. The first-order valence-corrected chi connectivity index (χ1v) is 6.20. The summed E-state index contributed by atoms with van der Waals surface area (Å²) >= 11 is 0. The number of rotatable bonds is 0. The molecule has 20 heavy (non-hydrogen) atoms. The van der Waals surface area contributed by atoms with E-state index in [4.69, 9.17) is 0 Å². The largest absolute Gasteiger partial charge is 4.00 e. The standard InChI is InChI=1S/C10H15.3C3H5.U/c1-6-7(2)9(4)10(5)8(6)3;3*1-3-2;/h1-5H3;3*3H,1-2H2;/q4*-1;+4. The molecule has 0 atom stereocenters. The zero-order valence-corrected chi connectivity index (χ0v) is 18.1. The third-order valence-corrected chi connectivity index (χ3v) is 2.81. The second-order valence-electron chi connectivity index (χ2n) is 3.99. The molecule has 110 valence electrons. The molecule has 0 nitrogen and oxygen atoms in total. The van der Waals surface area contributed by atoms with Crippen LogP contribution in [-0.4, -0.2) is 0 Å². The van der Waals surface area contributed by atoms with Crippen LogP contribution in [0.4, 0.5) is 0 Å². The van der Waals surface area contributed by atoms with Crippen LogP contribution in [0.15, 0.2) is 38.0 Å². The Kier molecular flexibility index (Phi) is 25.1. The normalized spacial score (nSPS) is 7.05. The summed E-state index contributed by atoms with van der Waals surface area (Å²) in [6, 6.07) is 0. The van der Waals surface area contributed by atoms with E-state index in [1.807, 2.05) is 0 Å². The fraction of sp³-hybridized carbons (Fsp3) is 0.263. The van der Waals surface area contributed by atoms with Gasteiger partial charge in [-0.15, -0.1) is 0 Å². The smallest absolute Gasteiger partial charge is 0.245 e. The van der Waals surface area contributed by atoms with E-state index < -0.39 is 0 Å². The Morgan fingerprint density at radius 1 is 0.750 bits per heavy atom. The molecular weight excluding hydrogens is 466 g/mol. The maximum Gasteiger partial charge on any atom is 4.00 e. The van der Waals surface area contributed by atoms with Crippen LogP contribution in [0.2, 0.25) is 0 Å². The van der Waals surface area contributed by atoms with Crippen molar-refractivity contribution in [3.63, 3.8) is 0 Å². The van der Waals surface area contributed by atoms with Crippen LogP contribution in [0.1, 0.15) is 27.8 Å². The van der Waals surface area contributed by atoms with Gasteiger partial charge in [0.15, 0.2) is 0 Å². The van der Waals surface area contributed by atoms with Gasteiger partial charge in [-0.05, 0) is 0 Å².